The number of nitrogens with one attached hydrogen (secondary N) is 2. The molecule has 1 heterocycles. The minimum atomic E-state index is -0.505. The Bertz CT molecular complexity index is 1160. The van der Waals surface area contributed by atoms with Crippen LogP contribution in [0.1, 0.15) is 21.7 Å². The summed E-state index contributed by atoms with van der Waals surface area (Å²) < 4.78 is 1.77. The zero-order chi connectivity index (χ0) is 23.8. The Labute approximate surface area is 194 Å². The third-order valence-corrected chi connectivity index (χ3v) is 5.49. The molecule has 33 heavy (non-hydrogen) atoms. The van der Waals surface area contributed by atoms with Crippen molar-refractivity contribution in [2.75, 3.05) is 11.1 Å². The van der Waals surface area contributed by atoms with Gasteiger partial charge in [-0.15, -0.1) is 16.8 Å². The number of allylic oxidation sites excluding steroid dienone is 1. The minimum absolute atomic E-state index is 0.0538. The first-order chi connectivity index (χ1) is 15.9. The predicted octanol–water partition coefficient (Wildman–Crippen LogP) is 3.34. The first kappa shape index (κ1) is 23.7. The first-order valence-electron chi connectivity index (χ1n) is 9.92. The second-order valence-corrected chi connectivity index (χ2v) is 7.93. The lowest BCUT2D eigenvalue weighted by molar-refractivity contribution is -0.384. The molecule has 2 amide bonds. The number of anilines is 1. The van der Waals surface area contributed by atoms with Crippen LogP contribution in [0.5, 0.6) is 0 Å². The van der Waals surface area contributed by atoms with Crippen LogP contribution in [-0.4, -0.2) is 37.3 Å². The van der Waals surface area contributed by atoms with E-state index in [9.17, 15) is 19.7 Å². The maximum atomic E-state index is 12.4. The molecule has 0 saturated heterocycles. The number of nitrogens with zero attached hydrogens (tertiary/aromatic N) is 4. The van der Waals surface area contributed by atoms with Crippen LogP contribution >= 0.6 is 11.8 Å². The summed E-state index contributed by atoms with van der Waals surface area (Å²) in [6.45, 7) is 6.27. The molecular formula is C22H22N6O4S. The normalized spacial score (nSPS) is 10.5. The van der Waals surface area contributed by atoms with Crippen LogP contribution < -0.4 is 10.6 Å². The van der Waals surface area contributed by atoms with Gasteiger partial charge in [-0.25, -0.2) is 0 Å². The molecule has 0 spiro atoms. The van der Waals surface area contributed by atoms with Crippen LogP contribution in [0.4, 0.5) is 11.4 Å². The Balaban J connectivity index is 1.58. The minimum Gasteiger partial charge on any atom is -0.345 e. The number of hydrogen-bond donors (Lipinski definition) is 2. The lowest BCUT2D eigenvalue weighted by atomic mass is 10.1. The maximum absolute atomic E-state index is 12.4. The highest BCUT2D eigenvalue weighted by Gasteiger charge is 2.15. The molecule has 1 aromatic heterocycles. The van der Waals surface area contributed by atoms with E-state index in [4.69, 9.17) is 0 Å². The fourth-order valence-corrected chi connectivity index (χ4v) is 3.60. The summed E-state index contributed by atoms with van der Waals surface area (Å²) in [4.78, 5) is 34.9. The van der Waals surface area contributed by atoms with E-state index in [0.717, 1.165) is 5.56 Å². The number of amides is 2. The van der Waals surface area contributed by atoms with Crippen LogP contribution in [0, 0.1) is 17.0 Å². The second kappa shape index (κ2) is 11.0. The molecule has 10 nitrogen and oxygen atoms in total. The van der Waals surface area contributed by atoms with E-state index in [1.54, 1.807) is 22.8 Å². The number of nitro benzene ring substituents is 1. The van der Waals surface area contributed by atoms with Gasteiger partial charge in [0, 0.05) is 29.9 Å². The molecule has 170 valence electrons. The summed E-state index contributed by atoms with van der Waals surface area (Å²) in [6.07, 6.45) is 1.68. The molecule has 0 radical (unpaired) electrons. The van der Waals surface area contributed by atoms with Gasteiger partial charge in [0.25, 0.3) is 11.6 Å². The number of benzene rings is 2. The van der Waals surface area contributed by atoms with Gasteiger partial charge in [-0.05, 0) is 31.2 Å². The van der Waals surface area contributed by atoms with Gasteiger partial charge in [0.15, 0.2) is 11.0 Å². The molecule has 2 aromatic carbocycles. The smallest absolute Gasteiger partial charge is 0.269 e. The SMILES string of the molecule is C=CCn1c(CNC(=O)c2ccc(C)cc2)nnc1SCC(=O)Nc1ccc([N+](=O)[O-])cc1. The van der Waals surface area contributed by atoms with E-state index in [1.807, 2.05) is 19.1 Å². The first-order valence-corrected chi connectivity index (χ1v) is 10.9. The predicted molar refractivity (Wildman–Crippen MR) is 125 cm³/mol. The second-order valence-electron chi connectivity index (χ2n) is 6.99. The zero-order valence-electron chi connectivity index (χ0n) is 17.9. The number of aryl methyl sites for hydroxylation is 1. The molecule has 2 N–H and O–H groups in total. The average molecular weight is 467 g/mol. The molecule has 0 atom stereocenters. The van der Waals surface area contributed by atoms with Gasteiger partial charge in [0.2, 0.25) is 5.91 Å². The Morgan fingerprint density at radius 2 is 1.85 bits per heavy atom. The van der Waals surface area contributed by atoms with E-state index in [0.29, 0.717) is 28.8 Å². The van der Waals surface area contributed by atoms with E-state index in [1.165, 1.54) is 36.0 Å². The quantitative estimate of drug-likeness (QED) is 0.203. The van der Waals surface area contributed by atoms with Crippen molar-refractivity contribution in [2.24, 2.45) is 0 Å². The molecule has 0 bridgehead atoms. The number of thioether (sulfide) groups is 1. The van der Waals surface area contributed by atoms with Crippen LogP contribution in [-0.2, 0) is 17.9 Å². The number of nitro groups is 1. The van der Waals surface area contributed by atoms with Crippen LogP contribution in [0.15, 0.2) is 66.3 Å². The molecule has 3 rings (SSSR count). The third kappa shape index (κ3) is 6.50. The summed E-state index contributed by atoms with van der Waals surface area (Å²) in [6, 6.07) is 12.8. The largest absolute Gasteiger partial charge is 0.345 e. The lowest BCUT2D eigenvalue weighted by Gasteiger charge is -2.09. The fraction of sp³-hybridized carbons (Fsp3) is 0.182. The molecule has 0 saturated carbocycles. The van der Waals surface area contributed by atoms with Crippen molar-refractivity contribution in [1.29, 1.82) is 0 Å². The number of rotatable bonds is 10. The molecular weight excluding hydrogens is 444 g/mol. The van der Waals surface area contributed by atoms with E-state index < -0.39 is 4.92 Å². The average Bonchev–Trinajstić information content (AvgIpc) is 3.18. The highest BCUT2D eigenvalue weighted by molar-refractivity contribution is 7.99. The standard InChI is InChI=1S/C22H22N6O4S/c1-3-12-27-19(13-23-21(30)16-6-4-15(2)5-7-16)25-26-22(27)33-14-20(29)24-17-8-10-18(11-9-17)28(31)32/h3-11H,1,12-14H2,2H3,(H,23,30)(H,24,29). The van der Waals surface area contributed by atoms with Gasteiger partial charge in [-0.3, -0.25) is 19.7 Å². The van der Waals surface area contributed by atoms with Crippen LogP contribution in [0.25, 0.3) is 0 Å². The van der Waals surface area contributed by atoms with Gasteiger partial charge < -0.3 is 15.2 Å². The summed E-state index contributed by atoms with van der Waals surface area (Å²) in [5, 5.41) is 25.0. The third-order valence-electron chi connectivity index (χ3n) is 4.52. The van der Waals surface area contributed by atoms with E-state index in [2.05, 4.69) is 27.4 Å². The number of aromatic nitrogens is 3. The Morgan fingerprint density at radius 1 is 1.15 bits per heavy atom. The van der Waals surface area contributed by atoms with E-state index >= 15 is 0 Å². The monoisotopic (exact) mass is 466 g/mol. The van der Waals surface area contributed by atoms with Gasteiger partial charge >= 0.3 is 0 Å². The highest BCUT2D eigenvalue weighted by Crippen LogP contribution is 2.19. The Morgan fingerprint density at radius 3 is 2.48 bits per heavy atom. The molecule has 0 aliphatic rings. The van der Waals surface area contributed by atoms with Crippen molar-refractivity contribution >= 4 is 35.0 Å². The van der Waals surface area contributed by atoms with Crippen molar-refractivity contribution in [2.45, 2.75) is 25.2 Å². The van der Waals surface area contributed by atoms with Crippen molar-refractivity contribution in [3.05, 3.63) is 88.3 Å². The summed E-state index contributed by atoms with van der Waals surface area (Å²) in [5.41, 5.74) is 2.02. The number of hydrogen-bond acceptors (Lipinski definition) is 7. The molecule has 11 heteroatoms. The van der Waals surface area contributed by atoms with Gasteiger partial charge in [-0.1, -0.05) is 35.5 Å². The molecule has 3 aromatic rings. The number of non-ortho nitro benzene ring substituents is 1. The van der Waals surface area contributed by atoms with Crippen LogP contribution in [0.3, 0.4) is 0 Å². The van der Waals surface area contributed by atoms with Crippen molar-refractivity contribution in [3.8, 4) is 0 Å². The molecule has 0 unspecified atom stereocenters. The lowest BCUT2D eigenvalue weighted by Crippen LogP contribution is -2.24. The van der Waals surface area contributed by atoms with E-state index in [-0.39, 0.29) is 29.8 Å². The van der Waals surface area contributed by atoms with Crippen molar-refractivity contribution in [3.63, 3.8) is 0 Å². The molecule has 0 fully saturated rings. The molecule has 0 aliphatic heterocycles. The highest BCUT2D eigenvalue weighted by atomic mass is 32.2. The fourth-order valence-electron chi connectivity index (χ4n) is 2.83. The Kier molecular flexibility index (Phi) is 7.92. The molecule has 0 aliphatic carbocycles. The van der Waals surface area contributed by atoms with Gasteiger partial charge in [0.05, 0.1) is 17.2 Å². The summed E-state index contributed by atoms with van der Waals surface area (Å²) in [5.74, 6) is 0.0758. The summed E-state index contributed by atoms with van der Waals surface area (Å²) >= 11 is 1.18. The summed E-state index contributed by atoms with van der Waals surface area (Å²) in [7, 11) is 0. The zero-order valence-corrected chi connectivity index (χ0v) is 18.7. The maximum Gasteiger partial charge on any atom is 0.269 e. The Hall–Kier alpha value is -3.99. The topological polar surface area (TPSA) is 132 Å². The van der Waals surface area contributed by atoms with Gasteiger partial charge in [0.1, 0.15) is 0 Å². The van der Waals surface area contributed by atoms with Gasteiger partial charge in [-0.2, -0.15) is 0 Å². The van der Waals surface area contributed by atoms with Crippen LogP contribution in [0.2, 0.25) is 0 Å². The van der Waals surface area contributed by atoms with Crippen molar-refractivity contribution in [1.82, 2.24) is 20.1 Å². The van der Waals surface area contributed by atoms with Crippen molar-refractivity contribution < 1.29 is 14.5 Å². The number of carbonyl (C=O) groups is 2. The number of carbonyl (C=O) groups excluding carboxylic acids is 2.